The van der Waals surface area contributed by atoms with E-state index in [4.69, 9.17) is 4.74 Å². The summed E-state index contributed by atoms with van der Waals surface area (Å²) in [5, 5.41) is 0.869. The van der Waals surface area contributed by atoms with Gasteiger partial charge in [-0.3, -0.25) is 4.98 Å². The van der Waals surface area contributed by atoms with Crippen LogP contribution in [0.5, 0.6) is 11.5 Å². The Labute approximate surface area is 105 Å². The summed E-state index contributed by atoms with van der Waals surface area (Å²) in [6, 6.07) is 8.62. The maximum atomic E-state index is 5.63. The van der Waals surface area contributed by atoms with Crippen molar-refractivity contribution < 1.29 is 4.74 Å². The lowest BCUT2D eigenvalue weighted by Gasteiger charge is -2.05. The highest BCUT2D eigenvalue weighted by molar-refractivity contribution is 7.99. The Morgan fingerprint density at radius 1 is 1.35 bits per heavy atom. The maximum Gasteiger partial charge on any atom is 0.145 e. The van der Waals surface area contributed by atoms with Crippen molar-refractivity contribution in [1.29, 1.82) is 0 Å². The van der Waals surface area contributed by atoms with Gasteiger partial charge >= 0.3 is 0 Å². The SMILES string of the molecule is CCCSc1[c]c(Oc2cccnc2)ccn1. The predicted octanol–water partition coefficient (Wildman–Crippen LogP) is 3.57. The predicted molar refractivity (Wildman–Crippen MR) is 68.4 cm³/mol. The number of hydrogen-bond acceptors (Lipinski definition) is 4. The summed E-state index contributed by atoms with van der Waals surface area (Å²) in [4.78, 5) is 8.22. The molecule has 0 aromatic carbocycles. The summed E-state index contributed by atoms with van der Waals surface area (Å²) >= 11 is 1.68. The number of pyridine rings is 2. The van der Waals surface area contributed by atoms with Gasteiger partial charge in [0.15, 0.2) is 0 Å². The molecule has 0 saturated heterocycles. The average molecular weight is 245 g/mol. The first-order valence-corrected chi connectivity index (χ1v) is 6.46. The molecule has 0 atom stereocenters. The molecule has 0 bridgehead atoms. The molecule has 0 fully saturated rings. The number of nitrogens with zero attached hydrogens (tertiary/aromatic N) is 2. The fourth-order valence-electron chi connectivity index (χ4n) is 1.22. The highest BCUT2D eigenvalue weighted by atomic mass is 32.2. The third-order valence-electron chi connectivity index (χ3n) is 1.95. The molecule has 3 nitrogen and oxygen atoms in total. The topological polar surface area (TPSA) is 35.0 Å². The first-order chi connectivity index (χ1) is 8.38. The monoisotopic (exact) mass is 245 g/mol. The van der Waals surface area contributed by atoms with E-state index in [1.54, 1.807) is 36.4 Å². The van der Waals surface area contributed by atoms with Crippen molar-refractivity contribution in [1.82, 2.24) is 9.97 Å². The van der Waals surface area contributed by atoms with E-state index in [0.29, 0.717) is 11.5 Å². The highest BCUT2D eigenvalue weighted by Crippen LogP contribution is 2.23. The molecule has 0 aliphatic carbocycles. The third kappa shape index (κ3) is 3.75. The molecule has 0 spiro atoms. The minimum absolute atomic E-state index is 0.673. The van der Waals surface area contributed by atoms with Crippen molar-refractivity contribution in [3.8, 4) is 11.5 Å². The lowest BCUT2D eigenvalue weighted by Crippen LogP contribution is -1.88. The van der Waals surface area contributed by atoms with Gasteiger partial charge in [-0.25, -0.2) is 4.98 Å². The largest absolute Gasteiger partial charge is 0.455 e. The standard InChI is InChI=1S/C13H13N2OS/c1-2-8-17-13-9-11(5-7-15-13)16-12-4-3-6-14-10-12/h3-7,10H,2,8H2,1H3. The van der Waals surface area contributed by atoms with Gasteiger partial charge in [0.05, 0.1) is 12.3 Å². The second-order valence-electron chi connectivity index (χ2n) is 3.38. The van der Waals surface area contributed by atoms with Crippen molar-refractivity contribution in [2.45, 2.75) is 18.4 Å². The zero-order chi connectivity index (χ0) is 11.9. The number of ether oxygens (including phenoxy) is 1. The van der Waals surface area contributed by atoms with E-state index in [-0.39, 0.29) is 0 Å². The summed E-state index contributed by atoms with van der Waals surface area (Å²) in [5.74, 6) is 2.42. The summed E-state index contributed by atoms with van der Waals surface area (Å²) in [7, 11) is 0. The molecule has 4 heteroatoms. The average Bonchev–Trinajstić information content (AvgIpc) is 2.38. The summed E-state index contributed by atoms with van der Waals surface area (Å²) in [5.41, 5.74) is 0. The molecular weight excluding hydrogens is 232 g/mol. The lowest BCUT2D eigenvalue weighted by molar-refractivity contribution is 0.476. The number of aromatic nitrogens is 2. The molecule has 0 amide bonds. The number of thioether (sulfide) groups is 1. The molecule has 0 aliphatic rings. The quantitative estimate of drug-likeness (QED) is 0.754. The molecule has 87 valence electrons. The Kier molecular flexibility index (Phi) is 4.38. The molecule has 0 unspecified atom stereocenters. The van der Waals surface area contributed by atoms with Crippen LogP contribution in [0.3, 0.4) is 0 Å². The van der Waals surface area contributed by atoms with E-state index in [1.807, 2.05) is 12.1 Å². The maximum absolute atomic E-state index is 5.63. The van der Waals surface area contributed by atoms with Gasteiger partial charge in [-0.1, -0.05) is 6.92 Å². The highest BCUT2D eigenvalue weighted by Gasteiger charge is 2.01. The Morgan fingerprint density at radius 2 is 2.29 bits per heavy atom. The van der Waals surface area contributed by atoms with Crippen LogP contribution in [0.1, 0.15) is 13.3 Å². The van der Waals surface area contributed by atoms with Crippen LogP contribution in [0.2, 0.25) is 0 Å². The summed E-state index contributed by atoms with van der Waals surface area (Å²) < 4.78 is 5.63. The van der Waals surface area contributed by atoms with E-state index in [0.717, 1.165) is 17.2 Å². The van der Waals surface area contributed by atoms with Crippen LogP contribution in [-0.4, -0.2) is 15.7 Å². The first-order valence-electron chi connectivity index (χ1n) is 5.47. The molecular formula is C13H13N2OS. The van der Waals surface area contributed by atoms with Crippen LogP contribution in [0.4, 0.5) is 0 Å². The molecule has 0 aliphatic heterocycles. The fourth-order valence-corrected chi connectivity index (χ4v) is 1.92. The smallest absolute Gasteiger partial charge is 0.145 e. The van der Waals surface area contributed by atoms with Crippen molar-refractivity contribution in [3.63, 3.8) is 0 Å². The fraction of sp³-hybridized carbons (Fsp3) is 0.231. The molecule has 0 saturated carbocycles. The zero-order valence-corrected chi connectivity index (χ0v) is 10.4. The van der Waals surface area contributed by atoms with Gasteiger partial charge in [-0.2, -0.15) is 0 Å². The van der Waals surface area contributed by atoms with E-state index >= 15 is 0 Å². The van der Waals surface area contributed by atoms with E-state index in [9.17, 15) is 0 Å². The molecule has 2 aromatic heterocycles. The van der Waals surface area contributed by atoms with Crippen molar-refractivity contribution in [3.05, 3.63) is 42.9 Å². The van der Waals surface area contributed by atoms with E-state index < -0.39 is 0 Å². The van der Waals surface area contributed by atoms with Crippen LogP contribution in [0.25, 0.3) is 0 Å². The minimum atomic E-state index is 0.673. The van der Waals surface area contributed by atoms with Gasteiger partial charge < -0.3 is 4.74 Å². The van der Waals surface area contributed by atoms with E-state index in [2.05, 4.69) is 23.0 Å². The Morgan fingerprint density at radius 3 is 3.06 bits per heavy atom. The molecule has 0 N–H and O–H groups in total. The molecule has 2 aromatic rings. The third-order valence-corrected chi connectivity index (χ3v) is 3.05. The Balaban J connectivity index is 2.06. The Bertz CT molecular complexity index is 462. The normalized spacial score (nSPS) is 10.2. The number of hydrogen-bond donors (Lipinski definition) is 0. The minimum Gasteiger partial charge on any atom is -0.455 e. The molecule has 17 heavy (non-hydrogen) atoms. The second kappa shape index (κ2) is 6.25. The first kappa shape index (κ1) is 11.9. The lowest BCUT2D eigenvalue weighted by atomic mass is 10.4. The van der Waals surface area contributed by atoms with Gasteiger partial charge in [-0.15, -0.1) is 11.8 Å². The summed E-state index contributed by atoms with van der Waals surface area (Å²) in [6.45, 7) is 2.14. The van der Waals surface area contributed by atoms with Crippen LogP contribution < -0.4 is 4.74 Å². The van der Waals surface area contributed by atoms with Gasteiger partial charge in [0.1, 0.15) is 16.5 Å². The zero-order valence-electron chi connectivity index (χ0n) is 9.59. The van der Waals surface area contributed by atoms with Crippen LogP contribution >= 0.6 is 11.8 Å². The van der Waals surface area contributed by atoms with E-state index in [1.165, 1.54) is 0 Å². The van der Waals surface area contributed by atoms with Gasteiger partial charge in [0.2, 0.25) is 0 Å². The second-order valence-corrected chi connectivity index (χ2v) is 4.46. The van der Waals surface area contributed by atoms with Gasteiger partial charge in [0, 0.05) is 12.4 Å². The van der Waals surface area contributed by atoms with Crippen LogP contribution in [0.15, 0.2) is 41.8 Å². The summed E-state index contributed by atoms with van der Waals surface area (Å²) in [6.07, 6.45) is 6.24. The molecule has 2 rings (SSSR count). The Hall–Kier alpha value is -1.55. The van der Waals surface area contributed by atoms with Crippen LogP contribution in [0, 0.1) is 6.07 Å². The van der Waals surface area contributed by atoms with Crippen LogP contribution in [-0.2, 0) is 0 Å². The van der Waals surface area contributed by atoms with Crippen molar-refractivity contribution in [2.24, 2.45) is 0 Å². The molecule has 2 heterocycles. The van der Waals surface area contributed by atoms with Crippen molar-refractivity contribution >= 4 is 11.8 Å². The molecule has 1 radical (unpaired) electrons. The van der Waals surface area contributed by atoms with Gasteiger partial charge in [0.25, 0.3) is 0 Å². The van der Waals surface area contributed by atoms with Gasteiger partial charge in [-0.05, 0) is 30.4 Å². The number of rotatable bonds is 5. The van der Waals surface area contributed by atoms with Crippen molar-refractivity contribution in [2.75, 3.05) is 5.75 Å².